The van der Waals surface area contributed by atoms with Crippen LogP contribution in [0.5, 0.6) is 0 Å². The second-order valence-electron chi connectivity index (χ2n) is 2.84. The molecule has 3 nitrogen and oxygen atoms in total. The zero-order chi connectivity index (χ0) is 7.49. The molecular formula is C6H17N3. The minimum Gasteiger partial charge on any atom is -0.313 e. The molecule has 0 aromatic rings. The first-order valence-electron chi connectivity index (χ1n) is 3.22. The van der Waals surface area contributed by atoms with Crippen molar-refractivity contribution in [3.05, 3.63) is 0 Å². The molecule has 0 aromatic carbocycles. The molecule has 0 unspecified atom stereocenters. The largest absolute Gasteiger partial charge is 0.313 e. The van der Waals surface area contributed by atoms with Crippen molar-refractivity contribution in [3.63, 3.8) is 0 Å². The van der Waals surface area contributed by atoms with Crippen LogP contribution >= 0.6 is 0 Å². The van der Waals surface area contributed by atoms with Crippen molar-refractivity contribution in [1.29, 1.82) is 0 Å². The number of hydrogen-bond donors (Lipinski definition) is 2. The SMILES string of the molecule is CCN(C)CC(C)(N)N. The molecule has 0 aliphatic heterocycles. The van der Waals surface area contributed by atoms with Gasteiger partial charge in [0, 0.05) is 6.54 Å². The normalized spacial score (nSPS) is 12.7. The van der Waals surface area contributed by atoms with E-state index in [1.54, 1.807) is 0 Å². The molecule has 3 heteroatoms. The zero-order valence-corrected chi connectivity index (χ0v) is 6.52. The Kier molecular flexibility index (Phi) is 3.11. The van der Waals surface area contributed by atoms with Crippen LogP contribution in [0.4, 0.5) is 0 Å². The third-order valence-corrected chi connectivity index (χ3v) is 1.15. The molecule has 56 valence electrons. The van der Waals surface area contributed by atoms with E-state index in [9.17, 15) is 0 Å². The standard InChI is InChI=1S/C6H17N3/c1-4-9(3)5-6(2,7)8/h4-5,7-8H2,1-3H3. The maximum Gasteiger partial charge on any atom is 0.0738 e. The summed E-state index contributed by atoms with van der Waals surface area (Å²) in [6, 6.07) is 0. The summed E-state index contributed by atoms with van der Waals surface area (Å²) in [5, 5.41) is 0. The number of nitrogens with zero attached hydrogens (tertiary/aromatic N) is 1. The van der Waals surface area contributed by atoms with Gasteiger partial charge in [0.15, 0.2) is 0 Å². The van der Waals surface area contributed by atoms with Crippen LogP contribution in [0.15, 0.2) is 0 Å². The van der Waals surface area contributed by atoms with Crippen molar-refractivity contribution >= 4 is 0 Å². The van der Waals surface area contributed by atoms with Gasteiger partial charge >= 0.3 is 0 Å². The van der Waals surface area contributed by atoms with Crippen LogP contribution in [0.3, 0.4) is 0 Å². The molecule has 0 radical (unpaired) electrons. The van der Waals surface area contributed by atoms with E-state index in [4.69, 9.17) is 11.5 Å². The minimum atomic E-state index is -0.551. The van der Waals surface area contributed by atoms with Crippen LogP contribution in [-0.2, 0) is 0 Å². The van der Waals surface area contributed by atoms with Crippen molar-refractivity contribution in [2.24, 2.45) is 11.5 Å². The van der Waals surface area contributed by atoms with Gasteiger partial charge in [-0.05, 0) is 20.5 Å². The van der Waals surface area contributed by atoms with Crippen molar-refractivity contribution < 1.29 is 0 Å². The molecule has 0 spiro atoms. The molecule has 0 rings (SSSR count). The Morgan fingerprint density at radius 1 is 1.44 bits per heavy atom. The third kappa shape index (κ3) is 5.76. The highest BCUT2D eigenvalue weighted by Crippen LogP contribution is 1.90. The first-order chi connectivity index (χ1) is 3.95. The summed E-state index contributed by atoms with van der Waals surface area (Å²) in [4.78, 5) is 2.08. The maximum atomic E-state index is 5.55. The molecule has 9 heavy (non-hydrogen) atoms. The Hall–Kier alpha value is -0.120. The van der Waals surface area contributed by atoms with Gasteiger partial charge in [-0.3, -0.25) is 0 Å². The van der Waals surface area contributed by atoms with E-state index in [0.29, 0.717) is 0 Å². The second-order valence-corrected chi connectivity index (χ2v) is 2.84. The monoisotopic (exact) mass is 131 g/mol. The molecule has 0 bridgehead atoms. The van der Waals surface area contributed by atoms with Gasteiger partial charge in [0.05, 0.1) is 5.66 Å². The molecule has 0 atom stereocenters. The van der Waals surface area contributed by atoms with Gasteiger partial charge in [0.25, 0.3) is 0 Å². The number of rotatable bonds is 3. The van der Waals surface area contributed by atoms with Crippen LogP contribution < -0.4 is 11.5 Å². The molecular weight excluding hydrogens is 114 g/mol. The summed E-state index contributed by atoms with van der Waals surface area (Å²) < 4.78 is 0. The molecule has 0 saturated carbocycles. The van der Waals surface area contributed by atoms with E-state index in [0.717, 1.165) is 13.1 Å². The average molecular weight is 131 g/mol. The lowest BCUT2D eigenvalue weighted by Gasteiger charge is -2.24. The van der Waals surface area contributed by atoms with E-state index < -0.39 is 5.66 Å². The van der Waals surface area contributed by atoms with Crippen molar-refractivity contribution in [3.8, 4) is 0 Å². The molecule has 0 aromatic heterocycles. The Morgan fingerprint density at radius 3 is 2.00 bits per heavy atom. The zero-order valence-electron chi connectivity index (χ0n) is 6.52. The lowest BCUT2D eigenvalue weighted by atomic mass is 10.2. The highest BCUT2D eigenvalue weighted by atomic mass is 15.1. The summed E-state index contributed by atoms with van der Waals surface area (Å²) in [5.41, 5.74) is 10.5. The van der Waals surface area contributed by atoms with Gasteiger partial charge in [-0.15, -0.1) is 0 Å². The Balaban J connectivity index is 3.47. The van der Waals surface area contributed by atoms with E-state index in [-0.39, 0.29) is 0 Å². The average Bonchev–Trinajstić information content (AvgIpc) is 1.62. The lowest BCUT2D eigenvalue weighted by molar-refractivity contribution is 0.273. The molecule has 0 aliphatic rings. The Labute approximate surface area is 57.0 Å². The van der Waals surface area contributed by atoms with Crippen LogP contribution in [0, 0.1) is 0 Å². The van der Waals surface area contributed by atoms with E-state index in [1.165, 1.54) is 0 Å². The summed E-state index contributed by atoms with van der Waals surface area (Å²) in [5.74, 6) is 0. The molecule has 0 heterocycles. The molecule has 0 fully saturated rings. The topological polar surface area (TPSA) is 55.3 Å². The van der Waals surface area contributed by atoms with Crippen molar-refractivity contribution in [2.75, 3.05) is 20.1 Å². The molecule has 0 saturated heterocycles. The minimum absolute atomic E-state index is 0.551. The first-order valence-corrected chi connectivity index (χ1v) is 3.22. The van der Waals surface area contributed by atoms with Gasteiger partial charge in [0.1, 0.15) is 0 Å². The van der Waals surface area contributed by atoms with Gasteiger partial charge in [0.2, 0.25) is 0 Å². The van der Waals surface area contributed by atoms with Gasteiger partial charge in [-0.25, -0.2) is 0 Å². The van der Waals surface area contributed by atoms with Crippen LogP contribution in [0.2, 0.25) is 0 Å². The number of nitrogens with two attached hydrogens (primary N) is 2. The predicted molar refractivity (Wildman–Crippen MR) is 40.0 cm³/mol. The maximum absolute atomic E-state index is 5.55. The van der Waals surface area contributed by atoms with E-state index >= 15 is 0 Å². The summed E-state index contributed by atoms with van der Waals surface area (Å²) in [6.45, 7) is 5.62. The van der Waals surface area contributed by atoms with Crippen LogP contribution in [0.1, 0.15) is 13.8 Å². The first kappa shape index (κ1) is 8.88. The third-order valence-electron chi connectivity index (χ3n) is 1.15. The van der Waals surface area contributed by atoms with Crippen LogP contribution in [-0.4, -0.2) is 30.7 Å². The van der Waals surface area contributed by atoms with Gasteiger partial charge in [-0.2, -0.15) is 0 Å². The quantitative estimate of drug-likeness (QED) is 0.511. The molecule has 0 aliphatic carbocycles. The fraction of sp³-hybridized carbons (Fsp3) is 1.00. The van der Waals surface area contributed by atoms with Crippen LogP contribution in [0.25, 0.3) is 0 Å². The molecule has 4 N–H and O–H groups in total. The Morgan fingerprint density at radius 2 is 1.89 bits per heavy atom. The fourth-order valence-electron chi connectivity index (χ4n) is 0.693. The highest BCUT2D eigenvalue weighted by molar-refractivity contribution is 4.72. The van der Waals surface area contributed by atoms with Gasteiger partial charge < -0.3 is 16.4 Å². The highest BCUT2D eigenvalue weighted by Gasteiger charge is 2.12. The summed E-state index contributed by atoms with van der Waals surface area (Å²) in [7, 11) is 2.00. The summed E-state index contributed by atoms with van der Waals surface area (Å²) in [6.07, 6.45) is 0. The number of likely N-dealkylation sites (N-methyl/N-ethyl adjacent to an activating group) is 1. The molecule has 0 amide bonds. The lowest BCUT2D eigenvalue weighted by Crippen LogP contribution is -2.54. The van der Waals surface area contributed by atoms with E-state index in [2.05, 4.69) is 11.8 Å². The smallest absolute Gasteiger partial charge is 0.0738 e. The second kappa shape index (κ2) is 3.15. The predicted octanol–water partition coefficient (Wildman–Crippen LogP) is -0.428. The Bertz CT molecular complexity index is 74.9. The van der Waals surface area contributed by atoms with Crippen molar-refractivity contribution in [1.82, 2.24) is 4.90 Å². The van der Waals surface area contributed by atoms with Crippen molar-refractivity contribution in [2.45, 2.75) is 19.5 Å². The van der Waals surface area contributed by atoms with Gasteiger partial charge in [-0.1, -0.05) is 6.92 Å². The number of hydrogen-bond acceptors (Lipinski definition) is 3. The van der Waals surface area contributed by atoms with E-state index in [1.807, 2.05) is 14.0 Å². The summed E-state index contributed by atoms with van der Waals surface area (Å²) >= 11 is 0. The fourth-order valence-corrected chi connectivity index (χ4v) is 0.693.